The van der Waals surface area contributed by atoms with Crippen molar-refractivity contribution in [3.05, 3.63) is 17.8 Å². The Morgan fingerprint density at radius 3 is 2.88 bits per heavy atom. The zero-order valence-corrected chi connectivity index (χ0v) is 10.5. The molecule has 1 N–H and O–H groups in total. The number of aliphatic hydroxyl groups excluding tert-OH is 1. The van der Waals surface area contributed by atoms with Gasteiger partial charge in [0.2, 0.25) is 0 Å². The fraction of sp³-hybridized carbons (Fsp3) is 0.455. The molecule has 0 amide bonds. The number of fused-ring (bicyclic) bond motifs is 1. The summed E-state index contributed by atoms with van der Waals surface area (Å²) in [6.45, 7) is 4.04. The van der Waals surface area contributed by atoms with Crippen LogP contribution in [0.1, 0.15) is 13.8 Å². The fourth-order valence-electron chi connectivity index (χ4n) is 1.44. The van der Waals surface area contributed by atoms with Crippen LogP contribution in [0.25, 0.3) is 10.2 Å². The van der Waals surface area contributed by atoms with Crippen LogP contribution >= 0.6 is 11.3 Å². The molecule has 0 aromatic carbocycles. The molecule has 0 aliphatic heterocycles. The summed E-state index contributed by atoms with van der Waals surface area (Å²) in [4.78, 5) is 11.5. The monoisotopic (exact) mass is 237 g/mol. The average molecular weight is 237 g/mol. The Morgan fingerprint density at radius 2 is 2.19 bits per heavy atom. The predicted molar refractivity (Wildman–Crippen MR) is 67.0 cm³/mol. The summed E-state index contributed by atoms with van der Waals surface area (Å²) in [6.07, 6.45) is 1.57. The van der Waals surface area contributed by atoms with Gasteiger partial charge in [0.25, 0.3) is 0 Å². The van der Waals surface area contributed by atoms with Gasteiger partial charge >= 0.3 is 0 Å². The van der Waals surface area contributed by atoms with E-state index in [1.807, 2.05) is 37.2 Å². The highest BCUT2D eigenvalue weighted by Crippen LogP contribution is 2.29. The summed E-state index contributed by atoms with van der Waals surface area (Å²) in [7, 11) is 1.94. The summed E-state index contributed by atoms with van der Waals surface area (Å²) in [5, 5.41) is 12.4. The van der Waals surface area contributed by atoms with Gasteiger partial charge < -0.3 is 10.0 Å². The largest absolute Gasteiger partial charge is 0.394 e. The first kappa shape index (κ1) is 11.3. The van der Waals surface area contributed by atoms with Crippen LogP contribution in [0.5, 0.6) is 0 Å². The van der Waals surface area contributed by atoms with Crippen molar-refractivity contribution in [3.63, 3.8) is 0 Å². The van der Waals surface area contributed by atoms with E-state index in [1.54, 1.807) is 17.7 Å². The molecule has 0 fully saturated rings. The van der Waals surface area contributed by atoms with Gasteiger partial charge in [0.1, 0.15) is 17.0 Å². The Labute approximate surface area is 98.6 Å². The van der Waals surface area contributed by atoms with Crippen LogP contribution in [0.15, 0.2) is 17.8 Å². The maximum Gasteiger partial charge on any atom is 0.141 e. The molecule has 2 rings (SSSR count). The lowest BCUT2D eigenvalue weighted by Gasteiger charge is -2.35. The summed E-state index contributed by atoms with van der Waals surface area (Å²) in [6, 6.07) is 2.01. The minimum atomic E-state index is -0.330. The second-order valence-electron chi connectivity index (χ2n) is 4.37. The number of likely N-dealkylation sites (N-methyl/N-ethyl adjacent to an activating group) is 1. The van der Waals surface area contributed by atoms with E-state index < -0.39 is 0 Å². The number of anilines is 1. The Morgan fingerprint density at radius 1 is 1.44 bits per heavy atom. The highest BCUT2D eigenvalue weighted by molar-refractivity contribution is 7.16. The molecular weight excluding hydrogens is 222 g/mol. The lowest BCUT2D eigenvalue weighted by molar-refractivity contribution is 0.216. The molecule has 2 aromatic rings. The molecule has 2 heterocycles. The normalized spacial score (nSPS) is 12.0. The van der Waals surface area contributed by atoms with Crippen molar-refractivity contribution in [2.75, 3.05) is 18.6 Å². The molecule has 4 nitrogen and oxygen atoms in total. The van der Waals surface area contributed by atoms with Gasteiger partial charge in [-0.2, -0.15) is 0 Å². The van der Waals surface area contributed by atoms with Gasteiger partial charge in [0, 0.05) is 7.05 Å². The lowest BCUT2D eigenvalue weighted by Crippen LogP contribution is -2.44. The van der Waals surface area contributed by atoms with E-state index in [1.165, 1.54) is 0 Å². The second-order valence-corrected chi connectivity index (χ2v) is 5.26. The number of hydrogen-bond donors (Lipinski definition) is 1. The van der Waals surface area contributed by atoms with Crippen LogP contribution in [-0.2, 0) is 0 Å². The van der Waals surface area contributed by atoms with Crippen molar-refractivity contribution in [3.8, 4) is 0 Å². The van der Waals surface area contributed by atoms with Gasteiger partial charge in [0.05, 0.1) is 17.5 Å². The summed E-state index contributed by atoms with van der Waals surface area (Å²) < 4.78 is 0. The molecule has 0 saturated heterocycles. The first-order chi connectivity index (χ1) is 7.56. The molecule has 86 valence electrons. The van der Waals surface area contributed by atoms with Gasteiger partial charge in [-0.1, -0.05) is 0 Å². The van der Waals surface area contributed by atoms with E-state index in [-0.39, 0.29) is 12.1 Å². The topological polar surface area (TPSA) is 49.2 Å². The highest BCUT2D eigenvalue weighted by atomic mass is 32.1. The lowest BCUT2D eigenvalue weighted by atomic mass is 10.1. The average Bonchev–Trinajstić information content (AvgIpc) is 2.75. The van der Waals surface area contributed by atoms with Crippen molar-refractivity contribution >= 4 is 27.4 Å². The number of thiophene rings is 1. The third kappa shape index (κ3) is 1.76. The van der Waals surface area contributed by atoms with E-state index >= 15 is 0 Å². The third-order valence-electron chi connectivity index (χ3n) is 2.85. The number of hydrogen-bond acceptors (Lipinski definition) is 5. The van der Waals surface area contributed by atoms with Crippen molar-refractivity contribution in [1.29, 1.82) is 0 Å². The molecule has 0 aliphatic carbocycles. The SMILES string of the molecule is CN(c1ncnc2sccc12)C(C)(C)CO. The summed E-state index contributed by atoms with van der Waals surface area (Å²) in [5.41, 5.74) is -0.330. The third-order valence-corrected chi connectivity index (χ3v) is 3.67. The Balaban J connectivity index is 2.51. The van der Waals surface area contributed by atoms with E-state index in [4.69, 9.17) is 0 Å². The Kier molecular flexibility index (Phi) is 2.82. The minimum absolute atomic E-state index is 0.0825. The molecule has 5 heteroatoms. The van der Waals surface area contributed by atoms with Crippen molar-refractivity contribution < 1.29 is 5.11 Å². The standard InChI is InChI=1S/C11H15N3OS/c1-11(2,6-15)14(3)9-8-4-5-16-10(8)13-7-12-9/h4-5,7,15H,6H2,1-3H3. The van der Waals surface area contributed by atoms with Crippen LogP contribution in [0.4, 0.5) is 5.82 Å². The zero-order valence-electron chi connectivity index (χ0n) is 9.64. The van der Waals surface area contributed by atoms with Crippen LogP contribution in [0.3, 0.4) is 0 Å². The first-order valence-electron chi connectivity index (χ1n) is 5.09. The van der Waals surface area contributed by atoms with Gasteiger partial charge in [0.15, 0.2) is 0 Å². The summed E-state index contributed by atoms with van der Waals surface area (Å²) >= 11 is 1.60. The molecular formula is C11H15N3OS. The molecule has 0 spiro atoms. The maximum absolute atomic E-state index is 9.37. The summed E-state index contributed by atoms with van der Waals surface area (Å²) in [5.74, 6) is 0.866. The molecule has 16 heavy (non-hydrogen) atoms. The van der Waals surface area contributed by atoms with Crippen LogP contribution in [-0.4, -0.2) is 34.3 Å². The Bertz CT molecular complexity index is 495. The number of aliphatic hydroxyl groups is 1. The first-order valence-corrected chi connectivity index (χ1v) is 5.97. The molecule has 0 aliphatic rings. The van der Waals surface area contributed by atoms with E-state index in [0.29, 0.717) is 0 Å². The van der Waals surface area contributed by atoms with Gasteiger partial charge in [-0.05, 0) is 25.3 Å². The van der Waals surface area contributed by atoms with Gasteiger partial charge in [-0.15, -0.1) is 11.3 Å². The minimum Gasteiger partial charge on any atom is -0.394 e. The zero-order chi connectivity index (χ0) is 11.8. The van der Waals surface area contributed by atoms with E-state index in [2.05, 4.69) is 9.97 Å². The predicted octanol–water partition coefficient (Wildman–Crippen LogP) is 1.90. The molecule has 2 aromatic heterocycles. The van der Waals surface area contributed by atoms with E-state index in [0.717, 1.165) is 16.0 Å². The van der Waals surface area contributed by atoms with Crippen LogP contribution < -0.4 is 4.90 Å². The van der Waals surface area contributed by atoms with Crippen molar-refractivity contribution in [1.82, 2.24) is 9.97 Å². The molecule has 0 atom stereocenters. The van der Waals surface area contributed by atoms with Gasteiger partial charge in [-0.3, -0.25) is 0 Å². The van der Waals surface area contributed by atoms with E-state index in [9.17, 15) is 5.11 Å². The van der Waals surface area contributed by atoms with Crippen LogP contribution in [0, 0.1) is 0 Å². The molecule has 0 radical (unpaired) electrons. The number of aromatic nitrogens is 2. The van der Waals surface area contributed by atoms with Crippen molar-refractivity contribution in [2.24, 2.45) is 0 Å². The highest BCUT2D eigenvalue weighted by Gasteiger charge is 2.25. The molecule has 0 bridgehead atoms. The Hall–Kier alpha value is -1.20. The smallest absolute Gasteiger partial charge is 0.141 e. The molecule has 0 saturated carbocycles. The van der Waals surface area contributed by atoms with Crippen LogP contribution in [0.2, 0.25) is 0 Å². The number of nitrogens with zero attached hydrogens (tertiary/aromatic N) is 3. The maximum atomic E-state index is 9.37. The van der Waals surface area contributed by atoms with Gasteiger partial charge in [-0.25, -0.2) is 9.97 Å². The number of rotatable bonds is 3. The van der Waals surface area contributed by atoms with Crippen molar-refractivity contribution in [2.45, 2.75) is 19.4 Å². The molecule has 0 unspecified atom stereocenters. The fourth-order valence-corrected chi connectivity index (χ4v) is 2.16. The second kappa shape index (κ2) is 3.99. The quantitative estimate of drug-likeness (QED) is 0.885.